The summed E-state index contributed by atoms with van der Waals surface area (Å²) in [6.07, 6.45) is 2.55. The van der Waals surface area contributed by atoms with E-state index in [-0.39, 0.29) is 17.4 Å². The molecule has 2 N–H and O–H groups in total. The summed E-state index contributed by atoms with van der Waals surface area (Å²) in [7, 11) is 1.93. The fourth-order valence-electron chi connectivity index (χ4n) is 3.38. The number of hydrogen-bond acceptors (Lipinski definition) is 6. The minimum absolute atomic E-state index is 0.0977. The fraction of sp³-hybridized carbons (Fsp3) is 0.200. The van der Waals surface area contributed by atoms with Crippen molar-refractivity contribution in [2.75, 3.05) is 11.9 Å². The molecule has 34 heavy (non-hydrogen) atoms. The van der Waals surface area contributed by atoms with Gasteiger partial charge in [0.15, 0.2) is 0 Å². The minimum atomic E-state index is -0.313. The van der Waals surface area contributed by atoms with Crippen LogP contribution in [0.2, 0.25) is 5.02 Å². The molecular weight excluding hydrogens is 454 g/mol. The number of carbonyl (C=O) groups is 2. The summed E-state index contributed by atoms with van der Waals surface area (Å²) in [6.45, 7) is 1.94. The van der Waals surface area contributed by atoms with E-state index in [1.807, 2.05) is 54.1 Å². The maximum absolute atomic E-state index is 12.3. The standard InChI is InChI=1S/C25H24ClN5O3/c1-16(32)4-3-12-28-24(33)22-15-20(11-13-27-22)34-19-9-10-23-21(14-19)30-25(31(23)2)29-18-7-5-17(26)6-8-18/h5-11,13-15H,3-4,12H2,1-2H3,(H,28,33)(H,29,30). The van der Waals surface area contributed by atoms with Crippen LogP contribution in [-0.4, -0.2) is 32.8 Å². The Morgan fingerprint density at radius 1 is 1.06 bits per heavy atom. The van der Waals surface area contributed by atoms with Crippen LogP contribution in [-0.2, 0) is 11.8 Å². The molecule has 0 radical (unpaired) electrons. The fourth-order valence-corrected chi connectivity index (χ4v) is 3.51. The van der Waals surface area contributed by atoms with Crippen molar-refractivity contribution in [3.05, 3.63) is 71.5 Å². The number of carbonyl (C=O) groups excluding carboxylic acids is 2. The lowest BCUT2D eigenvalue weighted by Gasteiger charge is -2.08. The smallest absolute Gasteiger partial charge is 0.270 e. The van der Waals surface area contributed by atoms with Gasteiger partial charge in [-0.05, 0) is 55.8 Å². The number of amides is 1. The molecule has 9 heteroatoms. The second-order valence-electron chi connectivity index (χ2n) is 7.82. The molecule has 0 aliphatic carbocycles. The van der Waals surface area contributed by atoms with Crippen molar-refractivity contribution in [1.29, 1.82) is 0 Å². The number of pyridine rings is 1. The molecule has 0 fully saturated rings. The SMILES string of the molecule is CC(=O)CCCNC(=O)c1cc(Oc2ccc3c(c2)nc(Nc2ccc(Cl)cc2)n3C)ccn1. The van der Waals surface area contributed by atoms with E-state index in [1.165, 1.54) is 13.1 Å². The van der Waals surface area contributed by atoms with Crippen LogP contribution in [0.4, 0.5) is 11.6 Å². The Labute approximate surface area is 201 Å². The quantitative estimate of drug-likeness (QED) is 0.319. The maximum Gasteiger partial charge on any atom is 0.270 e. The molecule has 0 spiro atoms. The third-order valence-corrected chi connectivity index (χ3v) is 5.40. The topological polar surface area (TPSA) is 98.1 Å². The molecule has 2 aromatic heterocycles. The highest BCUT2D eigenvalue weighted by Gasteiger charge is 2.12. The summed E-state index contributed by atoms with van der Waals surface area (Å²) in [6, 6.07) is 16.3. The summed E-state index contributed by atoms with van der Waals surface area (Å²) >= 11 is 5.96. The van der Waals surface area contributed by atoms with Gasteiger partial charge in [0.1, 0.15) is 23.0 Å². The Balaban J connectivity index is 1.46. The third-order valence-electron chi connectivity index (χ3n) is 5.14. The number of nitrogens with zero attached hydrogens (tertiary/aromatic N) is 3. The number of Topliss-reactive ketones (excluding diaryl/α,β-unsaturated/α-hetero) is 1. The number of ether oxygens (including phenoxy) is 1. The van der Waals surface area contributed by atoms with Gasteiger partial charge < -0.3 is 24.7 Å². The van der Waals surface area contributed by atoms with Crippen molar-refractivity contribution in [3.8, 4) is 11.5 Å². The normalized spacial score (nSPS) is 10.8. The zero-order chi connectivity index (χ0) is 24.1. The zero-order valence-corrected chi connectivity index (χ0v) is 19.6. The van der Waals surface area contributed by atoms with E-state index in [0.29, 0.717) is 41.9 Å². The molecule has 8 nitrogen and oxygen atoms in total. The summed E-state index contributed by atoms with van der Waals surface area (Å²) in [5.74, 6) is 1.54. The molecule has 0 saturated heterocycles. The van der Waals surface area contributed by atoms with E-state index in [9.17, 15) is 9.59 Å². The van der Waals surface area contributed by atoms with Gasteiger partial charge in [0.25, 0.3) is 5.91 Å². The van der Waals surface area contributed by atoms with Gasteiger partial charge in [0.05, 0.1) is 11.0 Å². The van der Waals surface area contributed by atoms with E-state index >= 15 is 0 Å². The first kappa shape index (κ1) is 23.3. The predicted molar refractivity (Wildman–Crippen MR) is 132 cm³/mol. The first-order chi connectivity index (χ1) is 16.4. The summed E-state index contributed by atoms with van der Waals surface area (Å²) in [4.78, 5) is 32.1. The molecule has 0 aliphatic heterocycles. The van der Waals surface area contributed by atoms with Crippen molar-refractivity contribution in [2.24, 2.45) is 7.05 Å². The average Bonchev–Trinajstić information content (AvgIpc) is 3.12. The van der Waals surface area contributed by atoms with E-state index in [0.717, 1.165) is 16.7 Å². The number of hydrogen-bond donors (Lipinski definition) is 2. The highest BCUT2D eigenvalue weighted by Crippen LogP contribution is 2.28. The number of fused-ring (bicyclic) bond motifs is 1. The van der Waals surface area contributed by atoms with Gasteiger partial charge in [-0.25, -0.2) is 4.98 Å². The van der Waals surface area contributed by atoms with Crippen molar-refractivity contribution in [2.45, 2.75) is 19.8 Å². The number of aryl methyl sites for hydroxylation is 1. The van der Waals surface area contributed by atoms with Gasteiger partial charge in [-0.3, -0.25) is 9.78 Å². The first-order valence-corrected chi connectivity index (χ1v) is 11.2. The zero-order valence-electron chi connectivity index (χ0n) is 18.8. The third kappa shape index (κ3) is 5.71. The number of nitrogens with one attached hydrogen (secondary N) is 2. The molecule has 0 saturated carbocycles. The number of ketones is 1. The molecule has 2 heterocycles. The largest absolute Gasteiger partial charge is 0.457 e. The highest BCUT2D eigenvalue weighted by molar-refractivity contribution is 6.30. The Kier molecular flexibility index (Phi) is 7.08. The van der Waals surface area contributed by atoms with Crippen molar-refractivity contribution < 1.29 is 14.3 Å². The highest BCUT2D eigenvalue weighted by atomic mass is 35.5. The molecule has 4 aromatic rings. The van der Waals surface area contributed by atoms with Gasteiger partial charge >= 0.3 is 0 Å². The van der Waals surface area contributed by atoms with Crippen LogP contribution < -0.4 is 15.4 Å². The minimum Gasteiger partial charge on any atom is -0.457 e. The van der Waals surface area contributed by atoms with Crippen molar-refractivity contribution in [1.82, 2.24) is 19.9 Å². The van der Waals surface area contributed by atoms with Crippen molar-refractivity contribution >= 4 is 46.0 Å². The lowest BCUT2D eigenvalue weighted by molar-refractivity contribution is -0.117. The molecule has 1 amide bonds. The Bertz CT molecular complexity index is 1330. The lowest BCUT2D eigenvalue weighted by Crippen LogP contribution is -2.25. The lowest BCUT2D eigenvalue weighted by atomic mass is 10.2. The number of aromatic nitrogens is 3. The molecule has 4 rings (SSSR count). The number of imidazole rings is 1. The molecule has 2 aromatic carbocycles. The Morgan fingerprint density at radius 3 is 2.59 bits per heavy atom. The maximum atomic E-state index is 12.3. The Morgan fingerprint density at radius 2 is 1.82 bits per heavy atom. The first-order valence-electron chi connectivity index (χ1n) is 10.8. The van der Waals surface area contributed by atoms with Gasteiger partial charge in [-0.2, -0.15) is 0 Å². The van der Waals surface area contributed by atoms with E-state index in [1.54, 1.807) is 12.1 Å². The summed E-state index contributed by atoms with van der Waals surface area (Å²) in [5, 5.41) is 6.72. The summed E-state index contributed by atoms with van der Waals surface area (Å²) in [5.41, 5.74) is 2.81. The Hall–Kier alpha value is -3.91. The number of benzene rings is 2. The second kappa shape index (κ2) is 10.4. The van der Waals surface area contributed by atoms with Crippen LogP contribution in [0.1, 0.15) is 30.3 Å². The second-order valence-corrected chi connectivity index (χ2v) is 8.25. The van der Waals surface area contributed by atoms with E-state index in [4.69, 9.17) is 16.3 Å². The van der Waals surface area contributed by atoms with Crippen LogP contribution in [0.5, 0.6) is 11.5 Å². The number of halogens is 1. The molecule has 0 atom stereocenters. The average molecular weight is 478 g/mol. The summed E-state index contributed by atoms with van der Waals surface area (Å²) < 4.78 is 7.92. The van der Waals surface area contributed by atoms with E-state index in [2.05, 4.69) is 20.6 Å². The van der Waals surface area contributed by atoms with Crippen LogP contribution >= 0.6 is 11.6 Å². The van der Waals surface area contributed by atoms with Gasteiger partial charge in [-0.15, -0.1) is 0 Å². The van der Waals surface area contributed by atoms with Gasteiger partial charge in [0, 0.05) is 49.1 Å². The number of rotatable bonds is 9. The molecule has 0 aliphatic rings. The predicted octanol–water partition coefficient (Wildman–Crippen LogP) is 5.26. The molecule has 0 unspecified atom stereocenters. The van der Waals surface area contributed by atoms with Gasteiger partial charge in [0.2, 0.25) is 5.95 Å². The molecule has 0 bridgehead atoms. The molecular formula is C25H24ClN5O3. The van der Waals surface area contributed by atoms with Crippen LogP contribution in [0.25, 0.3) is 11.0 Å². The van der Waals surface area contributed by atoms with Crippen LogP contribution in [0.3, 0.4) is 0 Å². The van der Waals surface area contributed by atoms with Crippen molar-refractivity contribution in [3.63, 3.8) is 0 Å². The molecule has 174 valence electrons. The van der Waals surface area contributed by atoms with Crippen LogP contribution in [0, 0.1) is 0 Å². The van der Waals surface area contributed by atoms with E-state index < -0.39 is 0 Å². The monoisotopic (exact) mass is 477 g/mol. The number of anilines is 2. The van der Waals surface area contributed by atoms with Crippen LogP contribution in [0.15, 0.2) is 60.8 Å². The van der Waals surface area contributed by atoms with Gasteiger partial charge in [-0.1, -0.05) is 11.6 Å².